The van der Waals surface area contributed by atoms with Crippen molar-refractivity contribution in [1.82, 2.24) is 0 Å². The number of benzene rings is 2. The van der Waals surface area contributed by atoms with Crippen molar-refractivity contribution in [3.63, 3.8) is 0 Å². The Morgan fingerprint density at radius 2 is 1.85 bits per heavy atom. The van der Waals surface area contributed by atoms with E-state index in [1.807, 2.05) is 19.9 Å². The van der Waals surface area contributed by atoms with Gasteiger partial charge >= 0.3 is 0 Å². The molecule has 0 aliphatic carbocycles. The quantitative estimate of drug-likeness (QED) is 0.768. The summed E-state index contributed by atoms with van der Waals surface area (Å²) >= 11 is 0. The third-order valence-corrected chi connectivity index (χ3v) is 2.81. The molecule has 0 amide bonds. The molecule has 20 heavy (non-hydrogen) atoms. The van der Waals surface area contributed by atoms with E-state index >= 15 is 0 Å². The van der Waals surface area contributed by atoms with Gasteiger partial charge in [0.05, 0.1) is 6.10 Å². The SMILES string of the molecule is CC(C)Oc1cccc(C(=O)Cc2ccc(F)cc2)c1. The van der Waals surface area contributed by atoms with Gasteiger partial charge in [0.15, 0.2) is 5.78 Å². The van der Waals surface area contributed by atoms with Crippen LogP contribution in [-0.4, -0.2) is 11.9 Å². The van der Waals surface area contributed by atoms with Gasteiger partial charge in [0.25, 0.3) is 0 Å². The lowest BCUT2D eigenvalue weighted by atomic mass is 10.0. The smallest absolute Gasteiger partial charge is 0.167 e. The minimum absolute atomic E-state index is 0.00851. The standard InChI is InChI=1S/C17H17FO2/c1-12(2)20-16-5-3-4-14(11-16)17(19)10-13-6-8-15(18)9-7-13/h3-9,11-12H,10H2,1-2H3. The highest BCUT2D eigenvalue weighted by Gasteiger charge is 2.09. The molecule has 2 rings (SSSR count). The van der Waals surface area contributed by atoms with Gasteiger partial charge < -0.3 is 4.74 Å². The topological polar surface area (TPSA) is 26.3 Å². The van der Waals surface area contributed by atoms with E-state index in [-0.39, 0.29) is 24.1 Å². The molecule has 0 saturated heterocycles. The van der Waals surface area contributed by atoms with Crippen LogP contribution in [0.1, 0.15) is 29.8 Å². The van der Waals surface area contributed by atoms with Crippen LogP contribution in [0.3, 0.4) is 0 Å². The molecule has 0 N–H and O–H groups in total. The summed E-state index contributed by atoms with van der Waals surface area (Å²) in [5.41, 5.74) is 1.40. The van der Waals surface area contributed by atoms with Gasteiger partial charge in [-0.1, -0.05) is 24.3 Å². The number of ketones is 1. The van der Waals surface area contributed by atoms with Crippen molar-refractivity contribution in [3.05, 3.63) is 65.5 Å². The third-order valence-electron chi connectivity index (χ3n) is 2.81. The molecule has 0 saturated carbocycles. The van der Waals surface area contributed by atoms with E-state index in [0.29, 0.717) is 11.3 Å². The Labute approximate surface area is 118 Å². The normalized spacial score (nSPS) is 10.6. The first-order chi connectivity index (χ1) is 9.54. The van der Waals surface area contributed by atoms with Gasteiger partial charge in [0.1, 0.15) is 11.6 Å². The molecule has 0 bridgehead atoms. The average molecular weight is 272 g/mol. The number of carbonyl (C=O) groups excluding carboxylic acids is 1. The number of Topliss-reactive ketones (excluding diaryl/α,β-unsaturated/α-hetero) is 1. The van der Waals surface area contributed by atoms with Crippen LogP contribution in [0.15, 0.2) is 48.5 Å². The highest BCUT2D eigenvalue weighted by atomic mass is 19.1. The molecule has 0 spiro atoms. The van der Waals surface area contributed by atoms with Gasteiger partial charge in [-0.3, -0.25) is 4.79 Å². The molecule has 2 aromatic carbocycles. The predicted octanol–water partition coefficient (Wildman–Crippen LogP) is 4.04. The Balaban J connectivity index is 2.10. The molecule has 0 atom stereocenters. The molecule has 0 radical (unpaired) electrons. The van der Waals surface area contributed by atoms with Crippen LogP contribution in [0, 0.1) is 5.82 Å². The maximum atomic E-state index is 12.8. The number of halogens is 1. The average Bonchev–Trinajstić information content (AvgIpc) is 2.41. The van der Waals surface area contributed by atoms with E-state index in [1.165, 1.54) is 12.1 Å². The number of rotatable bonds is 5. The van der Waals surface area contributed by atoms with Crippen LogP contribution < -0.4 is 4.74 Å². The first-order valence-electron chi connectivity index (χ1n) is 6.59. The summed E-state index contributed by atoms with van der Waals surface area (Å²) in [6.07, 6.45) is 0.322. The van der Waals surface area contributed by atoms with E-state index < -0.39 is 0 Å². The highest BCUT2D eigenvalue weighted by Crippen LogP contribution is 2.17. The first kappa shape index (κ1) is 14.3. The fourth-order valence-corrected chi connectivity index (χ4v) is 1.90. The molecule has 0 fully saturated rings. The lowest BCUT2D eigenvalue weighted by molar-refractivity contribution is 0.0992. The second-order valence-corrected chi connectivity index (χ2v) is 4.92. The summed E-state index contributed by atoms with van der Waals surface area (Å²) in [6.45, 7) is 3.88. The van der Waals surface area contributed by atoms with Crippen LogP contribution in [0.4, 0.5) is 4.39 Å². The molecule has 0 heterocycles. The van der Waals surface area contributed by atoms with Crippen molar-refractivity contribution < 1.29 is 13.9 Å². The minimum atomic E-state index is -0.298. The zero-order chi connectivity index (χ0) is 14.5. The van der Waals surface area contributed by atoms with Gasteiger partial charge in [0, 0.05) is 12.0 Å². The largest absolute Gasteiger partial charge is 0.491 e. The Bertz CT molecular complexity index is 588. The van der Waals surface area contributed by atoms with E-state index in [2.05, 4.69) is 0 Å². The molecular weight excluding hydrogens is 255 g/mol. The Morgan fingerprint density at radius 1 is 1.15 bits per heavy atom. The second kappa shape index (κ2) is 6.33. The highest BCUT2D eigenvalue weighted by molar-refractivity contribution is 5.97. The maximum absolute atomic E-state index is 12.8. The zero-order valence-corrected chi connectivity index (χ0v) is 11.6. The summed E-state index contributed by atoms with van der Waals surface area (Å²) in [6, 6.07) is 13.1. The molecule has 2 aromatic rings. The number of carbonyl (C=O) groups is 1. The van der Waals surface area contributed by atoms with Crippen LogP contribution in [0.5, 0.6) is 5.75 Å². The molecule has 0 aliphatic rings. The molecule has 0 aromatic heterocycles. The van der Waals surface area contributed by atoms with E-state index in [1.54, 1.807) is 30.3 Å². The minimum Gasteiger partial charge on any atom is -0.491 e. The third kappa shape index (κ3) is 3.92. The van der Waals surface area contributed by atoms with Gasteiger partial charge in [-0.2, -0.15) is 0 Å². The van der Waals surface area contributed by atoms with E-state index in [4.69, 9.17) is 4.74 Å². The van der Waals surface area contributed by atoms with Gasteiger partial charge in [-0.05, 0) is 43.7 Å². The fraction of sp³-hybridized carbons (Fsp3) is 0.235. The molecular formula is C17H17FO2. The Morgan fingerprint density at radius 3 is 2.50 bits per heavy atom. The number of hydrogen-bond donors (Lipinski definition) is 0. The van der Waals surface area contributed by atoms with Crippen molar-refractivity contribution in [2.75, 3.05) is 0 Å². The Kier molecular flexibility index (Phi) is 4.51. The summed E-state index contributed by atoms with van der Waals surface area (Å²) in [7, 11) is 0. The van der Waals surface area contributed by atoms with E-state index in [9.17, 15) is 9.18 Å². The summed E-state index contributed by atoms with van der Waals surface area (Å²) in [5.74, 6) is 0.379. The van der Waals surface area contributed by atoms with Gasteiger partial charge in [-0.25, -0.2) is 4.39 Å². The van der Waals surface area contributed by atoms with Crippen molar-refractivity contribution in [3.8, 4) is 5.75 Å². The number of hydrogen-bond acceptors (Lipinski definition) is 2. The van der Waals surface area contributed by atoms with Gasteiger partial charge in [-0.15, -0.1) is 0 Å². The van der Waals surface area contributed by atoms with Crippen molar-refractivity contribution in [2.24, 2.45) is 0 Å². The van der Waals surface area contributed by atoms with E-state index in [0.717, 1.165) is 5.56 Å². The summed E-state index contributed by atoms with van der Waals surface area (Å²) < 4.78 is 18.4. The molecule has 0 aliphatic heterocycles. The van der Waals surface area contributed by atoms with Crippen LogP contribution in [0.25, 0.3) is 0 Å². The first-order valence-corrected chi connectivity index (χ1v) is 6.59. The molecule has 2 nitrogen and oxygen atoms in total. The van der Waals surface area contributed by atoms with Crippen LogP contribution >= 0.6 is 0 Å². The Hall–Kier alpha value is -2.16. The summed E-state index contributed by atoms with van der Waals surface area (Å²) in [4.78, 5) is 12.2. The number of ether oxygens (including phenoxy) is 1. The second-order valence-electron chi connectivity index (χ2n) is 4.92. The van der Waals surface area contributed by atoms with Crippen LogP contribution in [0.2, 0.25) is 0 Å². The zero-order valence-electron chi connectivity index (χ0n) is 11.6. The predicted molar refractivity (Wildman–Crippen MR) is 76.6 cm³/mol. The van der Waals surface area contributed by atoms with Crippen LogP contribution in [-0.2, 0) is 6.42 Å². The maximum Gasteiger partial charge on any atom is 0.167 e. The summed E-state index contributed by atoms with van der Waals surface area (Å²) in [5, 5.41) is 0. The van der Waals surface area contributed by atoms with Crippen molar-refractivity contribution in [2.45, 2.75) is 26.4 Å². The van der Waals surface area contributed by atoms with Gasteiger partial charge in [0.2, 0.25) is 0 Å². The van der Waals surface area contributed by atoms with Crippen molar-refractivity contribution in [1.29, 1.82) is 0 Å². The van der Waals surface area contributed by atoms with Crippen molar-refractivity contribution >= 4 is 5.78 Å². The lowest BCUT2D eigenvalue weighted by Gasteiger charge is -2.10. The molecule has 0 unspecified atom stereocenters. The molecule has 104 valence electrons. The fourth-order valence-electron chi connectivity index (χ4n) is 1.90. The lowest BCUT2D eigenvalue weighted by Crippen LogP contribution is -2.07. The monoisotopic (exact) mass is 272 g/mol. The molecule has 3 heteroatoms.